The zero-order chi connectivity index (χ0) is 19.6. The molecule has 27 heavy (non-hydrogen) atoms. The fourth-order valence-corrected chi connectivity index (χ4v) is 4.76. The lowest BCUT2D eigenvalue weighted by atomic mass is 10.2. The van der Waals surface area contributed by atoms with E-state index < -0.39 is 33.7 Å². The second kappa shape index (κ2) is 7.48. The molecule has 0 aliphatic carbocycles. The number of anilines is 1. The van der Waals surface area contributed by atoms with Crippen LogP contribution in [0.2, 0.25) is 0 Å². The molecule has 0 N–H and O–H groups in total. The van der Waals surface area contributed by atoms with Crippen molar-refractivity contribution in [1.82, 2.24) is 4.31 Å². The normalized spacial score (nSPS) is 17.2. The van der Waals surface area contributed by atoms with Crippen molar-refractivity contribution in [3.05, 3.63) is 60.4 Å². The summed E-state index contributed by atoms with van der Waals surface area (Å²) in [4.78, 5) is 26.6. The first-order chi connectivity index (χ1) is 12.9. The number of amides is 2. The second-order valence-corrected chi connectivity index (χ2v) is 7.94. The number of likely N-dealkylation sites (N-methyl/N-ethyl adjacent to an activating group) is 1. The molecule has 0 aromatic heterocycles. The quantitative estimate of drug-likeness (QED) is 0.786. The van der Waals surface area contributed by atoms with Crippen LogP contribution in [0.3, 0.4) is 0 Å². The van der Waals surface area contributed by atoms with Crippen molar-refractivity contribution < 1.29 is 22.4 Å². The van der Waals surface area contributed by atoms with E-state index in [4.69, 9.17) is 0 Å². The molecule has 1 aliphatic heterocycles. The molecular weight excluding hydrogens is 371 g/mol. The van der Waals surface area contributed by atoms with E-state index >= 15 is 0 Å². The summed E-state index contributed by atoms with van der Waals surface area (Å²) in [7, 11) is -4.25. The average molecular weight is 390 g/mol. The van der Waals surface area contributed by atoms with Gasteiger partial charge in [0.15, 0.2) is 0 Å². The lowest BCUT2D eigenvalue weighted by Gasteiger charge is -2.29. The smallest absolute Gasteiger partial charge is 0.267 e. The Morgan fingerprint density at radius 1 is 1.15 bits per heavy atom. The minimum absolute atomic E-state index is 0.0385. The van der Waals surface area contributed by atoms with Crippen LogP contribution in [0.25, 0.3) is 0 Å². The summed E-state index contributed by atoms with van der Waals surface area (Å²) in [6.07, 6.45) is 0.0740. The number of hydrogen-bond donors (Lipinski definition) is 0. The predicted octanol–water partition coefficient (Wildman–Crippen LogP) is 2.56. The maximum absolute atomic E-state index is 13.1. The largest absolute Gasteiger partial charge is 0.311 e. The van der Waals surface area contributed by atoms with Gasteiger partial charge in [-0.15, -0.1) is 0 Å². The molecule has 0 bridgehead atoms. The van der Waals surface area contributed by atoms with Crippen molar-refractivity contribution in [2.45, 2.75) is 30.7 Å². The van der Waals surface area contributed by atoms with Crippen LogP contribution in [0.4, 0.5) is 10.1 Å². The van der Waals surface area contributed by atoms with E-state index in [-0.39, 0.29) is 17.7 Å². The van der Waals surface area contributed by atoms with Crippen molar-refractivity contribution in [2.75, 3.05) is 11.4 Å². The van der Waals surface area contributed by atoms with Gasteiger partial charge in [-0.1, -0.05) is 18.2 Å². The van der Waals surface area contributed by atoms with Crippen molar-refractivity contribution in [2.24, 2.45) is 0 Å². The molecule has 1 saturated heterocycles. The van der Waals surface area contributed by atoms with Gasteiger partial charge in [0.1, 0.15) is 11.9 Å². The summed E-state index contributed by atoms with van der Waals surface area (Å²) >= 11 is 0. The van der Waals surface area contributed by atoms with Gasteiger partial charge in [0.05, 0.1) is 4.90 Å². The topological polar surface area (TPSA) is 74.8 Å². The van der Waals surface area contributed by atoms with Crippen molar-refractivity contribution in [3.8, 4) is 0 Å². The highest BCUT2D eigenvalue weighted by atomic mass is 32.2. The monoisotopic (exact) mass is 390 g/mol. The van der Waals surface area contributed by atoms with Crippen LogP contribution in [0.1, 0.15) is 19.8 Å². The number of nitrogens with zero attached hydrogens (tertiary/aromatic N) is 2. The molecule has 0 unspecified atom stereocenters. The Morgan fingerprint density at radius 3 is 2.37 bits per heavy atom. The molecule has 1 fully saturated rings. The molecule has 142 valence electrons. The van der Waals surface area contributed by atoms with Crippen LogP contribution in [0.5, 0.6) is 0 Å². The fourth-order valence-electron chi connectivity index (χ4n) is 3.16. The van der Waals surface area contributed by atoms with Gasteiger partial charge in [-0.25, -0.2) is 17.1 Å². The summed E-state index contributed by atoms with van der Waals surface area (Å²) in [6, 6.07) is 11.9. The number of halogens is 1. The van der Waals surface area contributed by atoms with E-state index in [1.807, 2.05) is 6.07 Å². The lowest BCUT2D eigenvalue weighted by Crippen LogP contribution is -2.49. The van der Waals surface area contributed by atoms with E-state index in [0.29, 0.717) is 16.5 Å². The summed E-state index contributed by atoms with van der Waals surface area (Å²) < 4.78 is 39.6. The molecule has 0 radical (unpaired) electrons. The molecule has 6 nitrogen and oxygen atoms in total. The van der Waals surface area contributed by atoms with Crippen molar-refractivity contribution in [3.63, 3.8) is 0 Å². The van der Waals surface area contributed by atoms with Gasteiger partial charge < -0.3 is 4.90 Å². The molecule has 1 atom stereocenters. The minimum Gasteiger partial charge on any atom is -0.311 e. The van der Waals surface area contributed by atoms with Gasteiger partial charge in [0, 0.05) is 18.7 Å². The molecule has 2 aromatic rings. The zero-order valence-electron chi connectivity index (χ0n) is 14.7. The molecule has 1 heterocycles. The van der Waals surface area contributed by atoms with E-state index in [9.17, 15) is 22.4 Å². The van der Waals surface area contributed by atoms with E-state index in [1.54, 1.807) is 31.2 Å². The molecule has 3 rings (SSSR count). The Kier molecular flexibility index (Phi) is 5.27. The van der Waals surface area contributed by atoms with Gasteiger partial charge in [-0.2, -0.15) is 0 Å². The molecule has 1 aliphatic rings. The average Bonchev–Trinajstić information content (AvgIpc) is 3.06. The third-order valence-corrected chi connectivity index (χ3v) is 6.31. The van der Waals surface area contributed by atoms with Gasteiger partial charge in [-0.3, -0.25) is 9.59 Å². The molecule has 2 amide bonds. The van der Waals surface area contributed by atoms with E-state index in [1.165, 1.54) is 4.90 Å². The molecular formula is C19H19FN2O4S. The highest BCUT2D eigenvalue weighted by Crippen LogP contribution is 2.29. The first kappa shape index (κ1) is 19.0. The number of rotatable bonds is 5. The summed E-state index contributed by atoms with van der Waals surface area (Å²) in [5.74, 6) is -1.68. The van der Waals surface area contributed by atoms with E-state index in [2.05, 4.69) is 0 Å². The van der Waals surface area contributed by atoms with Gasteiger partial charge in [0.2, 0.25) is 5.91 Å². The first-order valence-electron chi connectivity index (χ1n) is 8.55. The van der Waals surface area contributed by atoms with E-state index in [0.717, 1.165) is 24.3 Å². The maximum atomic E-state index is 13.1. The molecule has 0 saturated carbocycles. The van der Waals surface area contributed by atoms with Gasteiger partial charge in [-0.05, 0) is 49.7 Å². The minimum atomic E-state index is -4.25. The van der Waals surface area contributed by atoms with Crippen LogP contribution in [-0.4, -0.2) is 37.1 Å². The van der Waals surface area contributed by atoms with Crippen molar-refractivity contribution >= 4 is 27.5 Å². The van der Waals surface area contributed by atoms with Gasteiger partial charge in [0.25, 0.3) is 15.9 Å². The van der Waals surface area contributed by atoms with Crippen LogP contribution in [0, 0.1) is 5.82 Å². The standard InChI is InChI=1S/C19H19FN2O4S/c1-2-21(15-6-4-3-5-7-15)19(24)17-12-13-18(23)22(17)27(25,26)16-10-8-14(20)9-11-16/h3-11,17H,2,12-13H2,1H3/t17-/m0/s1. The van der Waals surface area contributed by atoms with Crippen LogP contribution in [0.15, 0.2) is 59.5 Å². The Labute approximate surface area is 157 Å². The Morgan fingerprint density at radius 2 is 1.78 bits per heavy atom. The summed E-state index contributed by atoms with van der Waals surface area (Å²) in [5, 5.41) is 0. The lowest BCUT2D eigenvalue weighted by molar-refractivity contribution is -0.129. The SMILES string of the molecule is CCN(C(=O)[C@@H]1CCC(=O)N1S(=O)(=O)c1ccc(F)cc1)c1ccccc1. The van der Waals surface area contributed by atoms with Gasteiger partial charge >= 0.3 is 0 Å². The van der Waals surface area contributed by atoms with Crippen LogP contribution >= 0.6 is 0 Å². The summed E-state index contributed by atoms with van der Waals surface area (Å²) in [6.45, 7) is 2.11. The Balaban J connectivity index is 1.96. The number of para-hydroxylation sites is 1. The maximum Gasteiger partial charge on any atom is 0.267 e. The van der Waals surface area contributed by atoms with Crippen molar-refractivity contribution in [1.29, 1.82) is 0 Å². The van der Waals surface area contributed by atoms with Crippen LogP contribution in [-0.2, 0) is 19.6 Å². The zero-order valence-corrected chi connectivity index (χ0v) is 15.5. The number of carbonyl (C=O) groups excluding carboxylic acids is 2. The molecule has 0 spiro atoms. The van der Waals surface area contributed by atoms with Crippen LogP contribution < -0.4 is 4.90 Å². The number of benzene rings is 2. The number of sulfonamides is 1. The number of hydrogen-bond acceptors (Lipinski definition) is 4. The fraction of sp³-hybridized carbons (Fsp3) is 0.263. The second-order valence-electron chi connectivity index (χ2n) is 6.12. The Bertz CT molecular complexity index is 945. The Hall–Kier alpha value is -2.74. The molecule has 2 aromatic carbocycles. The highest BCUT2D eigenvalue weighted by Gasteiger charge is 2.45. The predicted molar refractivity (Wildman–Crippen MR) is 97.9 cm³/mol. The third-order valence-electron chi connectivity index (χ3n) is 4.47. The number of carbonyl (C=O) groups is 2. The summed E-state index contributed by atoms with van der Waals surface area (Å²) in [5.41, 5.74) is 0.628. The highest BCUT2D eigenvalue weighted by molar-refractivity contribution is 7.89. The third kappa shape index (κ3) is 3.57. The molecule has 8 heteroatoms. The first-order valence-corrected chi connectivity index (χ1v) is 9.99.